The Bertz CT molecular complexity index is 934. The number of halogens is 1. The van der Waals surface area contributed by atoms with Crippen LogP contribution >= 0.6 is 22.9 Å². The minimum Gasteiger partial charge on any atom is -0.302 e. The third-order valence-electron chi connectivity index (χ3n) is 4.39. The lowest BCUT2D eigenvalue weighted by Crippen LogP contribution is -2.31. The molecule has 1 fully saturated rings. The van der Waals surface area contributed by atoms with E-state index in [0.29, 0.717) is 28.8 Å². The van der Waals surface area contributed by atoms with Crippen LogP contribution in [0.5, 0.6) is 0 Å². The van der Waals surface area contributed by atoms with Crippen molar-refractivity contribution < 1.29 is 13.2 Å². The molecule has 1 saturated heterocycles. The van der Waals surface area contributed by atoms with Crippen LogP contribution in [0, 0.1) is 5.41 Å². The van der Waals surface area contributed by atoms with Gasteiger partial charge in [0.2, 0.25) is 15.9 Å². The van der Waals surface area contributed by atoms with Gasteiger partial charge in [-0.2, -0.15) is 4.31 Å². The van der Waals surface area contributed by atoms with Gasteiger partial charge in [0.25, 0.3) is 0 Å². The van der Waals surface area contributed by atoms with Crippen LogP contribution in [0.1, 0.15) is 45.3 Å². The molecular formula is C18H22ClN3O3S2. The molecular weight excluding hydrogens is 406 g/mol. The van der Waals surface area contributed by atoms with E-state index < -0.39 is 15.4 Å². The fraction of sp³-hybridized carbons (Fsp3) is 0.444. The van der Waals surface area contributed by atoms with Gasteiger partial charge >= 0.3 is 0 Å². The summed E-state index contributed by atoms with van der Waals surface area (Å²) in [5.41, 5.74) is 0.141. The highest BCUT2D eigenvalue weighted by atomic mass is 35.5. The minimum atomic E-state index is -3.64. The molecule has 9 heteroatoms. The second-order valence-electron chi connectivity index (χ2n) is 7.51. The summed E-state index contributed by atoms with van der Waals surface area (Å²) in [4.78, 5) is 16.8. The molecule has 27 heavy (non-hydrogen) atoms. The number of hydrogen-bond acceptors (Lipinski definition) is 5. The number of sulfonamides is 1. The number of hydrogen-bond donors (Lipinski definition) is 1. The van der Waals surface area contributed by atoms with E-state index in [9.17, 15) is 13.2 Å². The van der Waals surface area contributed by atoms with E-state index >= 15 is 0 Å². The molecule has 1 amide bonds. The summed E-state index contributed by atoms with van der Waals surface area (Å²) in [6, 6.07) is 5.85. The molecule has 1 aromatic heterocycles. The SMILES string of the molecule is CC(C)(C)C(=O)Nc1nc([C@H]2CCCN2S(=O)(=O)c2ccc(Cl)cc2)cs1. The second-order valence-corrected chi connectivity index (χ2v) is 10.7. The zero-order valence-electron chi connectivity index (χ0n) is 15.4. The Hall–Kier alpha value is -1.48. The van der Waals surface area contributed by atoms with Crippen LogP contribution in [0.2, 0.25) is 5.02 Å². The maximum absolute atomic E-state index is 13.0. The zero-order valence-corrected chi connectivity index (χ0v) is 17.8. The van der Waals surface area contributed by atoms with E-state index in [-0.39, 0.29) is 16.8 Å². The molecule has 146 valence electrons. The Morgan fingerprint density at radius 2 is 1.96 bits per heavy atom. The van der Waals surface area contributed by atoms with Gasteiger partial charge in [-0.3, -0.25) is 4.79 Å². The van der Waals surface area contributed by atoms with Crippen molar-refractivity contribution in [2.75, 3.05) is 11.9 Å². The summed E-state index contributed by atoms with van der Waals surface area (Å²) in [5, 5.41) is 5.60. The molecule has 0 radical (unpaired) electrons. The molecule has 1 aliphatic rings. The van der Waals surface area contributed by atoms with Crippen molar-refractivity contribution in [2.24, 2.45) is 5.41 Å². The van der Waals surface area contributed by atoms with Gasteiger partial charge in [-0.05, 0) is 37.1 Å². The number of thiazole rings is 1. The third kappa shape index (κ3) is 4.34. The lowest BCUT2D eigenvalue weighted by Gasteiger charge is -2.23. The first-order valence-electron chi connectivity index (χ1n) is 8.63. The van der Waals surface area contributed by atoms with Crippen LogP contribution < -0.4 is 5.32 Å². The lowest BCUT2D eigenvalue weighted by atomic mass is 9.96. The van der Waals surface area contributed by atoms with E-state index in [4.69, 9.17) is 11.6 Å². The number of aromatic nitrogens is 1. The van der Waals surface area contributed by atoms with Crippen molar-refractivity contribution in [1.82, 2.24) is 9.29 Å². The van der Waals surface area contributed by atoms with Gasteiger partial charge in [-0.25, -0.2) is 13.4 Å². The van der Waals surface area contributed by atoms with E-state index in [1.165, 1.54) is 27.8 Å². The number of nitrogens with zero attached hydrogens (tertiary/aromatic N) is 2. The summed E-state index contributed by atoms with van der Waals surface area (Å²) in [6.45, 7) is 5.92. The normalized spacial score (nSPS) is 18.6. The molecule has 2 aromatic rings. The Morgan fingerprint density at radius 3 is 2.59 bits per heavy atom. The monoisotopic (exact) mass is 427 g/mol. The van der Waals surface area contributed by atoms with Gasteiger partial charge in [0.15, 0.2) is 5.13 Å². The van der Waals surface area contributed by atoms with Crippen molar-refractivity contribution in [3.8, 4) is 0 Å². The highest BCUT2D eigenvalue weighted by Crippen LogP contribution is 2.38. The fourth-order valence-corrected chi connectivity index (χ4v) is 5.39. The van der Waals surface area contributed by atoms with E-state index in [0.717, 1.165) is 6.42 Å². The van der Waals surface area contributed by atoms with Gasteiger partial charge in [-0.15, -0.1) is 11.3 Å². The van der Waals surface area contributed by atoms with Crippen molar-refractivity contribution >= 4 is 44.0 Å². The summed E-state index contributed by atoms with van der Waals surface area (Å²) in [6.07, 6.45) is 1.46. The largest absolute Gasteiger partial charge is 0.302 e. The van der Waals surface area contributed by atoms with Crippen molar-refractivity contribution in [1.29, 1.82) is 0 Å². The first-order valence-corrected chi connectivity index (χ1v) is 11.3. The number of rotatable bonds is 4. The number of carbonyl (C=O) groups excluding carboxylic acids is 1. The number of anilines is 1. The highest BCUT2D eigenvalue weighted by Gasteiger charge is 2.37. The van der Waals surface area contributed by atoms with Gasteiger partial charge in [0.1, 0.15) is 0 Å². The van der Waals surface area contributed by atoms with Crippen LogP contribution in [0.4, 0.5) is 5.13 Å². The van der Waals surface area contributed by atoms with Gasteiger partial charge in [0, 0.05) is 22.4 Å². The Kier molecular flexibility index (Phi) is 5.63. The molecule has 6 nitrogen and oxygen atoms in total. The average Bonchev–Trinajstić information content (AvgIpc) is 3.23. The third-order valence-corrected chi connectivity index (χ3v) is 7.34. The van der Waals surface area contributed by atoms with Gasteiger partial charge < -0.3 is 5.32 Å². The lowest BCUT2D eigenvalue weighted by molar-refractivity contribution is -0.123. The van der Waals surface area contributed by atoms with Crippen molar-refractivity contribution in [2.45, 2.75) is 44.6 Å². The molecule has 3 rings (SSSR count). The minimum absolute atomic E-state index is 0.125. The number of benzene rings is 1. The molecule has 0 spiro atoms. The second kappa shape index (κ2) is 7.50. The predicted octanol–water partition coefficient (Wildman–Crippen LogP) is 4.31. The highest BCUT2D eigenvalue weighted by molar-refractivity contribution is 7.89. The Balaban J connectivity index is 1.83. The standard InChI is InChI=1S/C18H22ClN3O3S2/c1-18(2,3)16(23)21-17-20-14(11-26-17)15-5-4-10-22(15)27(24,25)13-8-6-12(19)7-9-13/h6-9,11,15H,4-5,10H2,1-3H3,(H,20,21,23)/t15-/m1/s1. The van der Waals surface area contributed by atoms with E-state index in [1.54, 1.807) is 12.1 Å². The molecule has 2 heterocycles. The molecule has 1 N–H and O–H groups in total. The first-order chi connectivity index (χ1) is 12.6. The van der Waals surface area contributed by atoms with Gasteiger partial charge in [-0.1, -0.05) is 32.4 Å². The molecule has 1 aliphatic heterocycles. The number of amides is 1. The smallest absolute Gasteiger partial charge is 0.243 e. The van der Waals surface area contributed by atoms with Gasteiger partial charge in [0.05, 0.1) is 16.6 Å². The molecule has 1 atom stereocenters. The first kappa shape index (κ1) is 20.3. The van der Waals surface area contributed by atoms with Crippen molar-refractivity contribution in [3.63, 3.8) is 0 Å². The van der Waals surface area contributed by atoms with Crippen LogP contribution in [-0.4, -0.2) is 30.2 Å². The number of carbonyl (C=O) groups is 1. The van der Waals surface area contributed by atoms with Crippen LogP contribution in [0.15, 0.2) is 34.5 Å². The summed E-state index contributed by atoms with van der Waals surface area (Å²) >= 11 is 7.18. The molecule has 0 unspecified atom stereocenters. The summed E-state index contributed by atoms with van der Waals surface area (Å²) < 4.78 is 27.6. The van der Waals surface area contributed by atoms with Crippen LogP contribution in [-0.2, 0) is 14.8 Å². The molecule has 0 bridgehead atoms. The molecule has 0 aliphatic carbocycles. The topological polar surface area (TPSA) is 79.4 Å². The van der Waals surface area contributed by atoms with E-state index in [2.05, 4.69) is 10.3 Å². The van der Waals surface area contributed by atoms with Crippen LogP contribution in [0.25, 0.3) is 0 Å². The number of nitrogens with one attached hydrogen (secondary N) is 1. The quantitative estimate of drug-likeness (QED) is 0.788. The maximum Gasteiger partial charge on any atom is 0.243 e. The predicted molar refractivity (Wildman–Crippen MR) is 108 cm³/mol. The maximum atomic E-state index is 13.0. The van der Waals surface area contributed by atoms with E-state index in [1.807, 2.05) is 26.2 Å². The molecule has 1 aromatic carbocycles. The van der Waals surface area contributed by atoms with Crippen molar-refractivity contribution in [3.05, 3.63) is 40.4 Å². The zero-order chi connectivity index (χ0) is 19.8. The molecule has 0 saturated carbocycles. The average molecular weight is 428 g/mol. The fourth-order valence-electron chi connectivity index (χ4n) is 2.85. The Morgan fingerprint density at radius 1 is 1.30 bits per heavy atom. The summed E-state index contributed by atoms with van der Waals surface area (Å²) in [7, 11) is -3.64. The van der Waals surface area contributed by atoms with Crippen LogP contribution in [0.3, 0.4) is 0 Å². The Labute approximate surface area is 168 Å². The summed E-state index contributed by atoms with van der Waals surface area (Å²) in [5.74, 6) is -0.125.